The van der Waals surface area contributed by atoms with Gasteiger partial charge in [-0.05, 0) is 45.2 Å². The van der Waals surface area contributed by atoms with Crippen molar-refractivity contribution in [1.82, 2.24) is 9.80 Å². The number of rotatable bonds is 4. The lowest BCUT2D eigenvalue weighted by Crippen LogP contribution is -2.47. The van der Waals surface area contributed by atoms with Crippen LogP contribution in [0.4, 0.5) is 0 Å². The fourth-order valence-electron chi connectivity index (χ4n) is 2.98. The maximum atomic E-state index is 12.7. The topological polar surface area (TPSA) is 40.6 Å². The van der Waals surface area contributed by atoms with Crippen molar-refractivity contribution < 1.29 is 9.59 Å². The van der Waals surface area contributed by atoms with Crippen molar-refractivity contribution in [2.45, 2.75) is 39.7 Å². The van der Waals surface area contributed by atoms with Gasteiger partial charge in [-0.3, -0.25) is 9.59 Å². The van der Waals surface area contributed by atoms with Crippen LogP contribution >= 0.6 is 0 Å². The third kappa shape index (κ3) is 3.09. The van der Waals surface area contributed by atoms with Crippen molar-refractivity contribution in [2.24, 2.45) is 0 Å². The van der Waals surface area contributed by atoms with Crippen LogP contribution in [0.1, 0.15) is 42.6 Å². The summed E-state index contributed by atoms with van der Waals surface area (Å²) in [6, 6.07) is 7.28. The van der Waals surface area contributed by atoms with Gasteiger partial charge >= 0.3 is 0 Å². The van der Waals surface area contributed by atoms with Gasteiger partial charge < -0.3 is 9.80 Å². The molecular formula is C17H24N2O2. The molecule has 1 unspecified atom stereocenters. The third-order valence-electron chi connectivity index (χ3n) is 4.25. The number of likely N-dealkylation sites (N-methyl/N-ethyl adjacent to an activating group) is 1. The van der Waals surface area contributed by atoms with Gasteiger partial charge in [-0.2, -0.15) is 0 Å². The molecule has 1 aromatic rings. The summed E-state index contributed by atoms with van der Waals surface area (Å²) < 4.78 is 0. The Bertz CT molecular complexity index is 523. The first-order chi connectivity index (χ1) is 10.1. The first-order valence-electron chi connectivity index (χ1n) is 7.75. The fraction of sp³-hybridized carbons (Fsp3) is 0.529. The first-order valence-corrected chi connectivity index (χ1v) is 7.75. The summed E-state index contributed by atoms with van der Waals surface area (Å²) in [5, 5.41) is 0. The molecule has 0 saturated carbocycles. The highest BCUT2D eigenvalue weighted by Gasteiger charge is 2.36. The van der Waals surface area contributed by atoms with Crippen LogP contribution < -0.4 is 0 Å². The van der Waals surface area contributed by atoms with E-state index in [2.05, 4.69) is 0 Å². The molecule has 4 nitrogen and oxygen atoms in total. The van der Waals surface area contributed by atoms with Crippen molar-refractivity contribution in [3.8, 4) is 0 Å². The molecule has 0 spiro atoms. The SMILES string of the molecule is CCN(CC)C(=O)C1CCCN1C(=O)c1ccccc1C. The largest absolute Gasteiger partial charge is 0.341 e. The van der Waals surface area contributed by atoms with Gasteiger partial charge in [-0.25, -0.2) is 0 Å². The van der Waals surface area contributed by atoms with Crippen LogP contribution in [-0.4, -0.2) is 47.3 Å². The van der Waals surface area contributed by atoms with Gasteiger partial charge in [0, 0.05) is 25.2 Å². The average Bonchev–Trinajstić information content (AvgIpc) is 2.97. The molecule has 114 valence electrons. The smallest absolute Gasteiger partial charge is 0.254 e. The van der Waals surface area contributed by atoms with Gasteiger partial charge in [0.1, 0.15) is 6.04 Å². The molecule has 21 heavy (non-hydrogen) atoms. The van der Waals surface area contributed by atoms with E-state index in [9.17, 15) is 9.59 Å². The van der Waals surface area contributed by atoms with E-state index in [0.29, 0.717) is 25.2 Å². The molecule has 0 N–H and O–H groups in total. The zero-order valence-corrected chi connectivity index (χ0v) is 13.1. The van der Waals surface area contributed by atoms with Gasteiger partial charge in [0.2, 0.25) is 5.91 Å². The third-order valence-corrected chi connectivity index (χ3v) is 4.25. The second-order valence-electron chi connectivity index (χ2n) is 5.48. The molecule has 1 fully saturated rings. The Morgan fingerprint density at radius 2 is 1.90 bits per heavy atom. The number of benzene rings is 1. The molecule has 1 aliphatic rings. The molecular weight excluding hydrogens is 264 g/mol. The van der Waals surface area contributed by atoms with Crippen LogP contribution in [-0.2, 0) is 4.79 Å². The lowest BCUT2D eigenvalue weighted by molar-refractivity contribution is -0.134. The average molecular weight is 288 g/mol. The fourth-order valence-corrected chi connectivity index (χ4v) is 2.98. The maximum absolute atomic E-state index is 12.7. The Kier molecular flexibility index (Phi) is 4.99. The Morgan fingerprint density at radius 1 is 1.24 bits per heavy atom. The van der Waals surface area contributed by atoms with E-state index >= 15 is 0 Å². The number of hydrogen-bond acceptors (Lipinski definition) is 2. The molecule has 1 aliphatic heterocycles. The molecule has 0 aromatic heterocycles. The van der Waals surface area contributed by atoms with Crippen LogP contribution in [0.25, 0.3) is 0 Å². The minimum Gasteiger partial charge on any atom is -0.341 e. The standard InChI is InChI=1S/C17H24N2O2/c1-4-18(5-2)17(21)15-11-8-12-19(15)16(20)14-10-7-6-9-13(14)3/h6-7,9-10,15H,4-5,8,11-12H2,1-3H3. The molecule has 1 aromatic carbocycles. The Balaban J connectivity index is 2.21. The number of amides is 2. The minimum atomic E-state index is -0.294. The summed E-state index contributed by atoms with van der Waals surface area (Å²) in [6.07, 6.45) is 1.67. The molecule has 1 saturated heterocycles. The number of hydrogen-bond donors (Lipinski definition) is 0. The van der Waals surface area contributed by atoms with E-state index in [0.717, 1.165) is 18.4 Å². The normalized spacial score (nSPS) is 17.9. The Labute approximate surface area is 126 Å². The van der Waals surface area contributed by atoms with Crippen LogP contribution in [0.2, 0.25) is 0 Å². The molecule has 2 amide bonds. The van der Waals surface area contributed by atoms with Crippen molar-refractivity contribution in [3.05, 3.63) is 35.4 Å². The predicted octanol–water partition coefficient (Wildman–Crippen LogP) is 2.47. The van der Waals surface area contributed by atoms with E-state index in [1.54, 1.807) is 4.90 Å². The number of nitrogens with zero attached hydrogens (tertiary/aromatic N) is 2. The zero-order chi connectivity index (χ0) is 15.4. The van der Waals surface area contributed by atoms with E-state index in [1.165, 1.54) is 0 Å². The second kappa shape index (κ2) is 6.74. The van der Waals surface area contributed by atoms with E-state index in [1.807, 2.05) is 49.9 Å². The molecule has 1 heterocycles. The lowest BCUT2D eigenvalue weighted by atomic mass is 10.1. The van der Waals surface area contributed by atoms with E-state index in [4.69, 9.17) is 0 Å². The first kappa shape index (κ1) is 15.5. The Hall–Kier alpha value is -1.84. The van der Waals surface area contributed by atoms with Gasteiger partial charge in [0.15, 0.2) is 0 Å². The van der Waals surface area contributed by atoms with Crippen LogP contribution in [0.5, 0.6) is 0 Å². The summed E-state index contributed by atoms with van der Waals surface area (Å²) in [4.78, 5) is 28.9. The van der Waals surface area contributed by atoms with Crippen LogP contribution in [0, 0.1) is 6.92 Å². The quantitative estimate of drug-likeness (QED) is 0.854. The van der Waals surface area contributed by atoms with Crippen molar-refractivity contribution in [2.75, 3.05) is 19.6 Å². The molecule has 4 heteroatoms. The lowest BCUT2D eigenvalue weighted by Gasteiger charge is -2.29. The number of likely N-dealkylation sites (tertiary alicyclic amines) is 1. The monoisotopic (exact) mass is 288 g/mol. The summed E-state index contributed by atoms with van der Waals surface area (Å²) in [6.45, 7) is 7.94. The highest BCUT2D eigenvalue weighted by molar-refractivity contribution is 5.99. The van der Waals surface area contributed by atoms with Gasteiger partial charge in [-0.1, -0.05) is 18.2 Å². The van der Waals surface area contributed by atoms with Gasteiger partial charge in [0.25, 0.3) is 5.91 Å². The van der Waals surface area contributed by atoms with Gasteiger partial charge in [0.05, 0.1) is 0 Å². The van der Waals surface area contributed by atoms with Crippen molar-refractivity contribution in [1.29, 1.82) is 0 Å². The van der Waals surface area contributed by atoms with Gasteiger partial charge in [-0.15, -0.1) is 0 Å². The second-order valence-corrected chi connectivity index (χ2v) is 5.48. The van der Waals surface area contributed by atoms with Crippen LogP contribution in [0.15, 0.2) is 24.3 Å². The highest BCUT2D eigenvalue weighted by atomic mass is 16.2. The van der Waals surface area contributed by atoms with Crippen LogP contribution in [0.3, 0.4) is 0 Å². The van der Waals surface area contributed by atoms with Crippen molar-refractivity contribution >= 4 is 11.8 Å². The predicted molar refractivity (Wildman–Crippen MR) is 83.2 cm³/mol. The maximum Gasteiger partial charge on any atom is 0.254 e. The summed E-state index contributed by atoms with van der Waals surface area (Å²) >= 11 is 0. The zero-order valence-electron chi connectivity index (χ0n) is 13.1. The molecule has 1 atom stereocenters. The minimum absolute atomic E-state index is 0.0175. The number of aryl methyl sites for hydroxylation is 1. The summed E-state index contributed by atoms with van der Waals surface area (Å²) in [7, 11) is 0. The molecule has 2 rings (SSSR count). The number of carbonyl (C=O) groups excluding carboxylic acids is 2. The van der Waals surface area contributed by atoms with Crippen molar-refractivity contribution in [3.63, 3.8) is 0 Å². The summed E-state index contributed by atoms with van der Waals surface area (Å²) in [5.41, 5.74) is 1.67. The highest BCUT2D eigenvalue weighted by Crippen LogP contribution is 2.23. The summed E-state index contributed by atoms with van der Waals surface area (Å²) in [5.74, 6) is 0.0653. The molecule has 0 radical (unpaired) electrons. The molecule has 0 bridgehead atoms. The molecule has 0 aliphatic carbocycles. The Morgan fingerprint density at radius 3 is 2.52 bits per heavy atom. The van der Waals surface area contributed by atoms with E-state index < -0.39 is 0 Å². The number of carbonyl (C=O) groups is 2. The van der Waals surface area contributed by atoms with E-state index in [-0.39, 0.29) is 17.9 Å².